The van der Waals surface area contributed by atoms with E-state index < -0.39 is 0 Å². The quantitative estimate of drug-likeness (QED) is 0.472. The van der Waals surface area contributed by atoms with Crippen LogP contribution in [-0.2, 0) is 4.74 Å². The van der Waals surface area contributed by atoms with Crippen molar-refractivity contribution in [2.24, 2.45) is 0 Å². The topological polar surface area (TPSA) is 12.5 Å². The van der Waals surface area contributed by atoms with E-state index in [4.69, 9.17) is 4.74 Å². The third-order valence-electron chi connectivity index (χ3n) is 3.50. The molecule has 1 aliphatic carbocycles. The predicted molar refractivity (Wildman–Crippen MR) is 53.5 cm³/mol. The smallest absolute Gasteiger partial charge is 0.228 e. The van der Waals surface area contributed by atoms with Gasteiger partial charge in [-0.25, -0.2) is 0 Å². The minimum absolute atomic E-state index is 0.549. The minimum atomic E-state index is 0.549. The monoisotopic (exact) mass is 169 g/mol. The van der Waals surface area contributed by atoms with E-state index in [2.05, 4.69) is 25.6 Å². The van der Waals surface area contributed by atoms with Gasteiger partial charge in [-0.1, -0.05) is 33.0 Å². The Kier molecular flexibility index (Phi) is 3.19. The van der Waals surface area contributed by atoms with Crippen LogP contribution in [0.2, 0.25) is 12.1 Å². The summed E-state index contributed by atoms with van der Waals surface area (Å²) in [4.78, 5) is 2.29. The Hall–Kier alpha value is -0.0151. The summed E-state index contributed by atoms with van der Waals surface area (Å²) in [5, 5.41) is 0.549. The van der Waals surface area contributed by atoms with E-state index in [9.17, 15) is 0 Å². The van der Waals surface area contributed by atoms with Gasteiger partial charge < -0.3 is 9.55 Å². The molecule has 0 aromatic heterocycles. The molecule has 1 saturated carbocycles. The zero-order valence-electron chi connectivity index (χ0n) is 8.76. The molecule has 0 amide bonds. The van der Waals surface area contributed by atoms with Gasteiger partial charge in [0.2, 0.25) is 6.85 Å². The van der Waals surface area contributed by atoms with Crippen LogP contribution in [0.1, 0.15) is 26.2 Å². The fraction of sp³-hybridized carbons (Fsp3) is 1.00. The van der Waals surface area contributed by atoms with Crippen LogP contribution >= 0.6 is 0 Å². The molecule has 0 aromatic carbocycles. The fourth-order valence-corrected chi connectivity index (χ4v) is 2.00. The van der Waals surface area contributed by atoms with Gasteiger partial charge in [0.25, 0.3) is 0 Å². The molecule has 0 heterocycles. The van der Waals surface area contributed by atoms with Crippen LogP contribution < -0.4 is 0 Å². The van der Waals surface area contributed by atoms with E-state index in [1.54, 1.807) is 7.11 Å². The molecule has 0 radical (unpaired) electrons. The van der Waals surface area contributed by atoms with Gasteiger partial charge in [-0.15, -0.1) is 0 Å². The van der Waals surface area contributed by atoms with Crippen LogP contribution in [0.4, 0.5) is 0 Å². The zero-order valence-corrected chi connectivity index (χ0v) is 8.76. The highest BCUT2D eigenvalue weighted by Gasteiger charge is 2.41. The first-order valence-electron chi connectivity index (χ1n) is 4.79. The molecular weight excluding hydrogens is 149 g/mol. The summed E-state index contributed by atoms with van der Waals surface area (Å²) in [6, 6.07) is 0. The summed E-state index contributed by atoms with van der Waals surface area (Å²) in [5.74, 6) is 0. The Labute approximate surface area is 76.4 Å². The summed E-state index contributed by atoms with van der Waals surface area (Å²) in [6.45, 7) is 6.08. The third-order valence-corrected chi connectivity index (χ3v) is 3.50. The largest absolute Gasteiger partial charge is 0.370 e. The number of nitrogens with zero attached hydrogens (tertiary/aromatic N) is 1. The van der Waals surface area contributed by atoms with Crippen molar-refractivity contribution in [1.29, 1.82) is 0 Å². The number of hydrogen-bond donors (Lipinski definition) is 0. The Morgan fingerprint density at radius 2 is 2.08 bits per heavy atom. The maximum absolute atomic E-state index is 5.11. The zero-order chi connectivity index (χ0) is 9.19. The van der Waals surface area contributed by atoms with Gasteiger partial charge in [0, 0.05) is 7.11 Å². The van der Waals surface area contributed by atoms with Crippen molar-refractivity contribution in [2.75, 3.05) is 20.9 Å². The van der Waals surface area contributed by atoms with Gasteiger partial charge in [0.1, 0.15) is 0 Å². The van der Waals surface area contributed by atoms with Crippen molar-refractivity contribution in [1.82, 2.24) is 4.81 Å². The molecule has 1 fully saturated rings. The number of ether oxygens (including phenoxy) is 1. The highest BCUT2D eigenvalue weighted by molar-refractivity contribution is 6.58. The molecular formula is C9H20BNO. The summed E-state index contributed by atoms with van der Waals surface area (Å²) in [7, 11) is 3.89. The van der Waals surface area contributed by atoms with Crippen LogP contribution in [0.25, 0.3) is 0 Å². The summed E-state index contributed by atoms with van der Waals surface area (Å²) >= 11 is 0. The molecule has 0 aliphatic heterocycles. The molecule has 12 heavy (non-hydrogen) atoms. The first kappa shape index (κ1) is 10.1. The maximum atomic E-state index is 5.11. The molecule has 1 rings (SSSR count). The predicted octanol–water partition coefficient (Wildman–Crippen LogP) is 2.09. The minimum Gasteiger partial charge on any atom is -0.370 e. The first-order chi connectivity index (χ1) is 5.60. The third kappa shape index (κ3) is 1.83. The normalized spacial score (nSPS) is 20.8. The SMILES string of the molecule is COCN(C)B(C)C1(C)CCC1. The molecule has 0 aromatic rings. The van der Waals surface area contributed by atoms with Crippen LogP contribution in [0.15, 0.2) is 0 Å². The van der Waals surface area contributed by atoms with Crippen molar-refractivity contribution in [3.63, 3.8) is 0 Å². The average Bonchev–Trinajstić information content (AvgIpc) is 1.99. The molecule has 3 heteroatoms. The lowest BCUT2D eigenvalue weighted by atomic mass is 9.36. The molecule has 0 saturated heterocycles. The van der Waals surface area contributed by atoms with E-state index >= 15 is 0 Å². The van der Waals surface area contributed by atoms with E-state index in [0.717, 1.165) is 6.73 Å². The lowest BCUT2D eigenvalue weighted by molar-refractivity contribution is 0.123. The van der Waals surface area contributed by atoms with Crippen LogP contribution in [0.3, 0.4) is 0 Å². The first-order valence-corrected chi connectivity index (χ1v) is 4.79. The van der Waals surface area contributed by atoms with Gasteiger partial charge in [-0.3, -0.25) is 0 Å². The number of hydrogen-bond acceptors (Lipinski definition) is 2. The molecule has 0 unspecified atom stereocenters. The second kappa shape index (κ2) is 3.80. The summed E-state index contributed by atoms with van der Waals surface area (Å²) in [6.07, 6.45) is 4.16. The Morgan fingerprint density at radius 3 is 2.42 bits per heavy atom. The van der Waals surface area contributed by atoms with Crippen LogP contribution in [0, 0.1) is 0 Å². The highest BCUT2D eigenvalue weighted by Crippen LogP contribution is 2.50. The van der Waals surface area contributed by atoms with Crippen molar-refractivity contribution < 1.29 is 4.74 Å². The maximum Gasteiger partial charge on any atom is 0.228 e. The molecule has 1 aliphatic rings. The molecule has 2 nitrogen and oxygen atoms in total. The Balaban J connectivity index is 2.39. The Bertz CT molecular complexity index is 147. The van der Waals surface area contributed by atoms with Gasteiger partial charge in [-0.2, -0.15) is 0 Å². The van der Waals surface area contributed by atoms with E-state index in [-0.39, 0.29) is 0 Å². The number of methoxy groups -OCH3 is 1. The van der Waals surface area contributed by atoms with Gasteiger partial charge in [0.15, 0.2) is 0 Å². The van der Waals surface area contributed by atoms with E-state index in [1.165, 1.54) is 19.3 Å². The molecule has 0 atom stereocenters. The lowest BCUT2D eigenvalue weighted by Gasteiger charge is -2.45. The van der Waals surface area contributed by atoms with Gasteiger partial charge in [-0.05, 0) is 12.4 Å². The number of rotatable bonds is 4. The molecule has 0 spiro atoms. The van der Waals surface area contributed by atoms with E-state index in [0.29, 0.717) is 12.2 Å². The van der Waals surface area contributed by atoms with E-state index in [1.807, 2.05) is 0 Å². The lowest BCUT2D eigenvalue weighted by Crippen LogP contribution is -2.46. The molecule has 0 bridgehead atoms. The van der Waals surface area contributed by atoms with Crippen LogP contribution in [0.5, 0.6) is 0 Å². The summed E-state index contributed by atoms with van der Waals surface area (Å²) < 4.78 is 5.11. The molecule has 70 valence electrons. The van der Waals surface area contributed by atoms with Crippen molar-refractivity contribution >= 4 is 6.85 Å². The Morgan fingerprint density at radius 1 is 1.50 bits per heavy atom. The van der Waals surface area contributed by atoms with Crippen molar-refractivity contribution in [3.05, 3.63) is 0 Å². The average molecular weight is 169 g/mol. The van der Waals surface area contributed by atoms with Gasteiger partial charge >= 0.3 is 0 Å². The van der Waals surface area contributed by atoms with Gasteiger partial charge in [0.05, 0.1) is 6.73 Å². The second-order valence-corrected chi connectivity index (χ2v) is 4.36. The standard InChI is InChI=1S/C9H20BNO/c1-9(6-5-7-9)10(2)11(3)8-12-4/h5-8H2,1-4H3. The highest BCUT2D eigenvalue weighted by atomic mass is 16.5. The van der Waals surface area contributed by atoms with Crippen molar-refractivity contribution in [3.8, 4) is 0 Å². The molecule has 0 N–H and O–H groups in total. The fourth-order valence-electron chi connectivity index (χ4n) is 2.00. The van der Waals surface area contributed by atoms with Crippen molar-refractivity contribution in [2.45, 2.75) is 38.3 Å². The van der Waals surface area contributed by atoms with Crippen LogP contribution in [-0.4, -0.2) is 32.5 Å². The second-order valence-electron chi connectivity index (χ2n) is 4.36. The summed E-state index contributed by atoms with van der Waals surface area (Å²) in [5.41, 5.74) is 0.